The van der Waals surface area contributed by atoms with Crippen molar-refractivity contribution in [2.24, 2.45) is 11.8 Å². The van der Waals surface area contributed by atoms with Gasteiger partial charge in [0.05, 0.1) is 0 Å². The highest BCUT2D eigenvalue weighted by molar-refractivity contribution is 5.78. The van der Waals surface area contributed by atoms with Crippen LogP contribution in [0.25, 0.3) is 0 Å². The van der Waals surface area contributed by atoms with Gasteiger partial charge in [0.2, 0.25) is 5.91 Å². The topological polar surface area (TPSA) is 32.3 Å². The van der Waals surface area contributed by atoms with Gasteiger partial charge >= 0.3 is 0 Å². The van der Waals surface area contributed by atoms with Gasteiger partial charge in [0.15, 0.2) is 0 Å². The van der Waals surface area contributed by atoms with E-state index >= 15 is 0 Å². The smallest absolute Gasteiger partial charge is 0.223 e. The monoisotopic (exact) mass is 314 g/mol. The van der Waals surface area contributed by atoms with E-state index in [2.05, 4.69) is 40.5 Å². The molecule has 1 saturated carbocycles. The first-order chi connectivity index (χ1) is 11.3. The maximum absolute atomic E-state index is 12.2. The lowest BCUT2D eigenvalue weighted by molar-refractivity contribution is -0.126. The van der Waals surface area contributed by atoms with Crippen molar-refractivity contribution in [3.63, 3.8) is 0 Å². The summed E-state index contributed by atoms with van der Waals surface area (Å²) in [5.41, 5.74) is 1.42. The van der Waals surface area contributed by atoms with Gasteiger partial charge in [-0.25, -0.2) is 0 Å². The second-order valence-corrected chi connectivity index (χ2v) is 7.27. The van der Waals surface area contributed by atoms with E-state index < -0.39 is 0 Å². The molecule has 0 unspecified atom stereocenters. The number of benzene rings is 1. The van der Waals surface area contributed by atoms with Crippen LogP contribution in [-0.2, 0) is 11.2 Å². The van der Waals surface area contributed by atoms with Crippen molar-refractivity contribution in [1.82, 2.24) is 10.2 Å². The molecule has 3 nitrogen and oxygen atoms in total. The van der Waals surface area contributed by atoms with Crippen molar-refractivity contribution in [2.75, 3.05) is 26.2 Å². The lowest BCUT2D eigenvalue weighted by Gasteiger charge is -2.22. The number of rotatable bonds is 6. The van der Waals surface area contributed by atoms with Gasteiger partial charge in [-0.2, -0.15) is 0 Å². The van der Waals surface area contributed by atoms with Crippen LogP contribution in [-0.4, -0.2) is 37.0 Å². The summed E-state index contributed by atoms with van der Waals surface area (Å²) >= 11 is 0. The van der Waals surface area contributed by atoms with Crippen LogP contribution in [0, 0.1) is 11.8 Å². The van der Waals surface area contributed by atoms with E-state index in [9.17, 15) is 4.79 Å². The normalized spacial score (nSPS) is 23.0. The third-order valence-corrected chi connectivity index (χ3v) is 5.47. The molecule has 126 valence electrons. The molecule has 1 atom stereocenters. The third kappa shape index (κ3) is 5.07. The Balaban J connectivity index is 1.34. The van der Waals surface area contributed by atoms with Crippen LogP contribution in [0.1, 0.15) is 44.1 Å². The van der Waals surface area contributed by atoms with Gasteiger partial charge < -0.3 is 10.2 Å². The molecule has 1 aromatic rings. The van der Waals surface area contributed by atoms with Gasteiger partial charge in [-0.05, 0) is 43.7 Å². The predicted octanol–water partition coefficient (Wildman–Crippen LogP) is 3.25. The molecule has 0 aromatic heterocycles. The second-order valence-electron chi connectivity index (χ2n) is 7.27. The molecule has 0 spiro atoms. The van der Waals surface area contributed by atoms with Crippen LogP contribution in [0.4, 0.5) is 0 Å². The number of nitrogens with one attached hydrogen (secondary N) is 1. The van der Waals surface area contributed by atoms with E-state index in [0.717, 1.165) is 38.9 Å². The summed E-state index contributed by atoms with van der Waals surface area (Å²) in [5, 5.41) is 3.22. The highest BCUT2D eigenvalue weighted by atomic mass is 16.1. The van der Waals surface area contributed by atoms with E-state index in [4.69, 9.17) is 0 Å². The molecule has 0 radical (unpaired) electrons. The first kappa shape index (κ1) is 16.5. The fourth-order valence-corrected chi connectivity index (χ4v) is 3.97. The zero-order valence-electron chi connectivity index (χ0n) is 14.2. The molecule has 1 N–H and O–H groups in total. The van der Waals surface area contributed by atoms with Crippen LogP contribution < -0.4 is 5.32 Å². The molecule has 1 amide bonds. The number of hydrogen-bond donors (Lipinski definition) is 1. The first-order valence-corrected chi connectivity index (χ1v) is 9.35. The van der Waals surface area contributed by atoms with E-state index in [-0.39, 0.29) is 0 Å². The quantitative estimate of drug-likeness (QED) is 0.874. The summed E-state index contributed by atoms with van der Waals surface area (Å²) in [6.45, 7) is 4.32. The number of nitrogens with zero attached hydrogens (tertiary/aromatic N) is 1. The molecule has 23 heavy (non-hydrogen) atoms. The third-order valence-electron chi connectivity index (χ3n) is 5.47. The molecule has 2 aliphatic rings. The fourth-order valence-electron chi connectivity index (χ4n) is 3.97. The molecule has 3 rings (SSSR count). The molecular weight excluding hydrogens is 284 g/mol. The minimum Gasteiger partial charge on any atom is -0.356 e. The summed E-state index contributed by atoms with van der Waals surface area (Å²) < 4.78 is 0. The number of carbonyl (C=O) groups excluding carboxylic acids is 1. The van der Waals surface area contributed by atoms with Gasteiger partial charge in [-0.3, -0.25) is 4.79 Å². The Kier molecular flexibility index (Phi) is 6.09. The van der Waals surface area contributed by atoms with Crippen LogP contribution in [0.2, 0.25) is 0 Å². The molecular formula is C20H30N2O. The Bertz CT molecular complexity index is 482. The van der Waals surface area contributed by atoms with Crippen LogP contribution in [0.15, 0.2) is 30.3 Å². The van der Waals surface area contributed by atoms with Gasteiger partial charge in [0.25, 0.3) is 0 Å². The minimum absolute atomic E-state index is 0.291. The Morgan fingerprint density at radius 2 is 1.87 bits per heavy atom. The zero-order chi connectivity index (χ0) is 15.9. The van der Waals surface area contributed by atoms with E-state index in [1.807, 2.05) is 0 Å². The van der Waals surface area contributed by atoms with Crippen molar-refractivity contribution in [1.29, 1.82) is 0 Å². The summed E-state index contributed by atoms with van der Waals surface area (Å²) in [5.74, 6) is 1.24. The predicted molar refractivity (Wildman–Crippen MR) is 94.3 cm³/mol. The average molecular weight is 314 g/mol. The standard InChI is InChI=1S/C20H30N2O/c23-20(19-9-5-2-6-10-19)21-15-18-12-14-22(16-18)13-11-17-7-3-1-4-8-17/h1,3-4,7-8,18-19H,2,5-6,9-16H2,(H,21,23)/t18-/m1/s1. The zero-order valence-corrected chi connectivity index (χ0v) is 14.2. The molecule has 3 heteroatoms. The Hall–Kier alpha value is -1.35. The van der Waals surface area contributed by atoms with Gasteiger partial charge in [-0.1, -0.05) is 49.6 Å². The van der Waals surface area contributed by atoms with Gasteiger partial charge in [-0.15, -0.1) is 0 Å². The summed E-state index contributed by atoms with van der Waals surface area (Å²) in [6.07, 6.45) is 8.31. The van der Waals surface area contributed by atoms with Crippen LogP contribution in [0.3, 0.4) is 0 Å². The van der Waals surface area contributed by atoms with Crippen molar-refractivity contribution in [2.45, 2.75) is 44.9 Å². The minimum atomic E-state index is 0.291. The maximum atomic E-state index is 12.2. The molecule has 1 aromatic carbocycles. The number of carbonyl (C=O) groups is 1. The number of likely N-dealkylation sites (tertiary alicyclic amines) is 1. The molecule has 2 fully saturated rings. The molecule has 1 heterocycles. The number of amides is 1. The lowest BCUT2D eigenvalue weighted by Crippen LogP contribution is -2.36. The average Bonchev–Trinajstić information content (AvgIpc) is 3.07. The van der Waals surface area contributed by atoms with E-state index in [1.165, 1.54) is 37.8 Å². The Labute approximate surface area is 140 Å². The van der Waals surface area contributed by atoms with E-state index in [1.54, 1.807) is 0 Å². The Morgan fingerprint density at radius 3 is 2.65 bits per heavy atom. The van der Waals surface area contributed by atoms with Crippen molar-refractivity contribution < 1.29 is 4.79 Å². The van der Waals surface area contributed by atoms with Crippen LogP contribution >= 0.6 is 0 Å². The molecule has 1 aliphatic carbocycles. The second kappa shape index (κ2) is 8.49. The largest absolute Gasteiger partial charge is 0.356 e. The lowest BCUT2D eigenvalue weighted by atomic mass is 9.88. The highest BCUT2D eigenvalue weighted by Crippen LogP contribution is 2.24. The first-order valence-electron chi connectivity index (χ1n) is 9.35. The van der Waals surface area contributed by atoms with Crippen molar-refractivity contribution in [3.05, 3.63) is 35.9 Å². The summed E-state index contributed by atoms with van der Waals surface area (Å²) in [7, 11) is 0. The molecule has 0 bridgehead atoms. The highest BCUT2D eigenvalue weighted by Gasteiger charge is 2.25. The summed E-state index contributed by atoms with van der Waals surface area (Å²) in [4.78, 5) is 14.8. The van der Waals surface area contributed by atoms with Crippen molar-refractivity contribution >= 4 is 5.91 Å². The van der Waals surface area contributed by atoms with Crippen molar-refractivity contribution in [3.8, 4) is 0 Å². The fraction of sp³-hybridized carbons (Fsp3) is 0.650. The number of hydrogen-bond acceptors (Lipinski definition) is 2. The van der Waals surface area contributed by atoms with E-state index in [0.29, 0.717) is 17.7 Å². The molecule has 1 saturated heterocycles. The summed E-state index contributed by atoms with van der Waals surface area (Å²) in [6, 6.07) is 10.7. The Morgan fingerprint density at radius 1 is 1.09 bits per heavy atom. The van der Waals surface area contributed by atoms with Gasteiger partial charge in [0.1, 0.15) is 0 Å². The molecule has 1 aliphatic heterocycles. The van der Waals surface area contributed by atoms with Gasteiger partial charge in [0, 0.05) is 25.6 Å². The maximum Gasteiger partial charge on any atom is 0.223 e. The van der Waals surface area contributed by atoms with Crippen LogP contribution in [0.5, 0.6) is 0 Å². The SMILES string of the molecule is O=C(NC[C@H]1CCN(CCc2ccccc2)C1)C1CCCCC1.